The molecule has 0 aliphatic rings. The molecular weight excluding hydrogens is 391 g/mol. The van der Waals surface area contributed by atoms with Crippen LogP contribution < -0.4 is 10.6 Å². The molecule has 22 heavy (non-hydrogen) atoms. The molecule has 2 rings (SSSR count). The van der Waals surface area contributed by atoms with Crippen molar-refractivity contribution in [2.24, 2.45) is 4.99 Å². The Balaban J connectivity index is 0.00000242. The van der Waals surface area contributed by atoms with Gasteiger partial charge in [0.25, 0.3) is 0 Å². The van der Waals surface area contributed by atoms with Crippen LogP contribution in [0.3, 0.4) is 0 Å². The van der Waals surface area contributed by atoms with Crippen LogP contribution in [0.1, 0.15) is 12.6 Å². The molecule has 1 heterocycles. The maximum atomic E-state index is 5.33. The molecule has 5 nitrogen and oxygen atoms in total. The van der Waals surface area contributed by atoms with E-state index in [-0.39, 0.29) is 24.0 Å². The normalized spacial score (nSPS) is 10.5. The number of aromatic nitrogens is 1. The van der Waals surface area contributed by atoms with Crippen molar-refractivity contribution in [1.29, 1.82) is 0 Å². The molecule has 116 valence electrons. The second kappa shape index (κ2) is 9.84. The monoisotopic (exact) mass is 410 g/mol. The lowest BCUT2D eigenvalue weighted by atomic mass is 10.2. The first-order valence-electron chi connectivity index (χ1n) is 6.80. The molecule has 0 fully saturated rings. The largest absolute Gasteiger partial charge is 0.357 e. The van der Waals surface area contributed by atoms with Crippen LogP contribution in [-0.4, -0.2) is 24.2 Å². The van der Waals surface area contributed by atoms with Gasteiger partial charge in [-0.15, -0.1) is 30.4 Å². The summed E-state index contributed by atoms with van der Waals surface area (Å²) in [5, 5.41) is 10.2. The van der Waals surface area contributed by atoms with Gasteiger partial charge in [-0.05, 0) is 6.92 Å². The Bertz CT molecular complexity index is 631. The van der Waals surface area contributed by atoms with E-state index in [0.717, 1.165) is 23.6 Å². The van der Waals surface area contributed by atoms with Gasteiger partial charge in [0, 0.05) is 18.2 Å². The summed E-state index contributed by atoms with van der Waals surface area (Å²) in [5.74, 6) is 3.92. The average Bonchev–Trinajstić information content (AvgIpc) is 3.00. The van der Waals surface area contributed by atoms with Crippen molar-refractivity contribution >= 4 is 29.9 Å². The minimum Gasteiger partial charge on any atom is -0.357 e. The van der Waals surface area contributed by atoms with E-state index in [9.17, 15) is 0 Å². The SMILES string of the molecule is C#CCNC(=NCc1cc(-c2ccccc2)on1)NCC.I. The second-order valence-corrected chi connectivity index (χ2v) is 4.30. The molecule has 0 saturated heterocycles. The minimum atomic E-state index is 0. The molecule has 0 unspecified atom stereocenters. The highest BCUT2D eigenvalue weighted by molar-refractivity contribution is 14.0. The summed E-state index contributed by atoms with van der Waals surface area (Å²) >= 11 is 0. The van der Waals surface area contributed by atoms with Gasteiger partial charge in [0.1, 0.15) is 5.69 Å². The molecular formula is C16H19IN4O. The third-order valence-corrected chi connectivity index (χ3v) is 2.72. The zero-order valence-electron chi connectivity index (χ0n) is 12.4. The lowest BCUT2D eigenvalue weighted by Gasteiger charge is -2.07. The fraction of sp³-hybridized carbons (Fsp3) is 0.250. The summed E-state index contributed by atoms with van der Waals surface area (Å²) in [6.45, 7) is 3.62. The number of nitrogens with zero attached hydrogens (tertiary/aromatic N) is 2. The second-order valence-electron chi connectivity index (χ2n) is 4.30. The smallest absolute Gasteiger partial charge is 0.192 e. The quantitative estimate of drug-likeness (QED) is 0.345. The van der Waals surface area contributed by atoms with Gasteiger partial charge in [-0.2, -0.15) is 0 Å². The molecule has 2 N–H and O–H groups in total. The van der Waals surface area contributed by atoms with E-state index in [1.165, 1.54) is 0 Å². The van der Waals surface area contributed by atoms with Crippen LogP contribution >= 0.6 is 24.0 Å². The summed E-state index contributed by atoms with van der Waals surface area (Å²) in [5.41, 5.74) is 1.77. The zero-order valence-corrected chi connectivity index (χ0v) is 14.7. The Kier molecular flexibility index (Phi) is 8.07. The van der Waals surface area contributed by atoms with Gasteiger partial charge in [-0.25, -0.2) is 4.99 Å². The third-order valence-electron chi connectivity index (χ3n) is 2.72. The highest BCUT2D eigenvalue weighted by Gasteiger charge is 2.06. The number of hydrogen-bond acceptors (Lipinski definition) is 3. The van der Waals surface area contributed by atoms with Crippen molar-refractivity contribution in [1.82, 2.24) is 15.8 Å². The van der Waals surface area contributed by atoms with Crippen LogP contribution in [0.25, 0.3) is 11.3 Å². The van der Waals surface area contributed by atoms with Gasteiger partial charge in [0.05, 0.1) is 13.1 Å². The minimum absolute atomic E-state index is 0. The molecule has 6 heteroatoms. The van der Waals surface area contributed by atoms with Crippen LogP contribution in [-0.2, 0) is 6.54 Å². The fourth-order valence-electron chi connectivity index (χ4n) is 1.76. The Hall–Kier alpha value is -2.01. The van der Waals surface area contributed by atoms with Crippen LogP contribution in [0.2, 0.25) is 0 Å². The highest BCUT2D eigenvalue weighted by atomic mass is 127. The summed E-state index contributed by atoms with van der Waals surface area (Å²) in [6, 6.07) is 11.7. The van der Waals surface area contributed by atoms with E-state index >= 15 is 0 Å². The number of nitrogens with one attached hydrogen (secondary N) is 2. The van der Waals surface area contributed by atoms with E-state index in [0.29, 0.717) is 19.0 Å². The van der Waals surface area contributed by atoms with Crippen LogP contribution in [0.15, 0.2) is 45.9 Å². The summed E-state index contributed by atoms with van der Waals surface area (Å²) < 4.78 is 5.33. The molecule has 0 atom stereocenters. The van der Waals surface area contributed by atoms with Gasteiger partial charge < -0.3 is 15.2 Å². The van der Waals surface area contributed by atoms with Crippen molar-refractivity contribution in [3.8, 4) is 23.7 Å². The maximum Gasteiger partial charge on any atom is 0.192 e. The first-order chi connectivity index (χ1) is 10.3. The predicted octanol–water partition coefficient (Wildman–Crippen LogP) is 2.65. The Labute approximate surface area is 147 Å². The lowest BCUT2D eigenvalue weighted by molar-refractivity contribution is 0.424. The standard InChI is InChI=1S/C16H18N4O.HI/c1-3-10-18-16(17-4-2)19-12-14-11-15(21-20-14)13-8-6-5-7-9-13;/h1,5-9,11H,4,10,12H2,2H3,(H2,17,18,19);1H. The Morgan fingerprint density at radius 1 is 1.32 bits per heavy atom. The number of guanidine groups is 1. The number of hydrogen-bond donors (Lipinski definition) is 2. The molecule has 0 radical (unpaired) electrons. The van der Waals surface area contributed by atoms with E-state index in [4.69, 9.17) is 10.9 Å². The molecule has 0 aliphatic heterocycles. The van der Waals surface area contributed by atoms with Crippen molar-refractivity contribution in [3.05, 3.63) is 42.1 Å². The number of aliphatic imine (C=N–C) groups is 1. The van der Waals surface area contributed by atoms with Crippen molar-refractivity contribution < 1.29 is 4.52 Å². The van der Waals surface area contributed by atoms with Crippen molar-refractivity contribution in [2.75, 3.05) is 13.1 Å². The van der Waals surface area contributed by atoms with Crippen molar-refractivity contribution in [3.63, 3.8) is 0 Å². The molecule has 1 aromatic carbocycles. The number of benzene rings is 1. The fourth-order valence-corrected chi connectivity index (χ4v) is 1.76. The van der Waals surface area contributed by atoms with Crippen LogP contribution in [0.5, 0.6) is 0 Å². The van der Waals surface area contributed by atoms with Gasteiger partial charge in [0.15, 0.2) is 11.7 Å². The molecule has 0 bridgehead atoms. The number of rotatable bonds is 5. The zero-order chi connectivity index (χ0) is 14.9. The molecule has 0 aliphatic carbocycles. The Morgan fingerprint density at radius 2 is 2.09 bits per heavy atom. The maximum absolute atomic E-state index is 5.33. The average molecular weight is 410 g/mol. The van der Waals surface area contributed by atoms with Crippen molar-refractivity contribution in [2.45, 2.75) is 13.5 Å². The molecule has 1 aromatic heterocycles. The molecule has 0 spiro atoms. The lowest BCUT2D eigenvalue weighted by Crippen LogP contribution is -2.37. The number of halogens is 1. The van der Waals surface area contributed by atoms with E-state index < -0.39 is 0 Å². The van der Waals surface area contributed by atoms with E-state index in [1.54, 1.807) is 0 Å². The van der Waals surface area contributed by atoms with E-state index in [2.05, 4.69) is 26.7 Å². The van der Waals surface area contributed by atoms with Crippen LogP contribution in [0, 0.1) is 12.3 Å². The summed E-state index contributed by atoms with van der Waals surface area (Å²) in [7, 11) is 0. The molecule has 0 amide bonds. The van der Waals surface area contributed by atoms with Gasteiger partial charge in [0.2, 0.25) is 0 Å². The first-order valence-corrected chi connectivity index (χ1v) is 6.80. The third kappa shape index (κ3) is 5.41. The molecule has 2 aromatic rings. The highest BCUT2D eigenvalue weighted by Crippen LogP contribution is 2.19. The summed E-state index contributed by atoms with van der Waals surface area (Å²) in [6.07, 6.45) is 5.23. The van der Waals surface area contributed by atoms with Crippen LogP contribution in [0.4, 0.5) is 0 Å². The van der Waals surface area contributed by atoms with E-state index in [1.807, 2.05) is 43.3 Å². The van der Waals surface area contributed by atoms with Gasteiger partial charge in [-0.3, -0.25) is 0 Å². The summed E-state index contributed by atoms with van der Waals surface area (Å²) in [4.78, 5) is 4.40. The van der Waals surface area contributed by atoms with Gasteiger partial charge >= 0.3 is 0 Å². The Morgan fingerprint density at radius 3 is 2.77 bits per heavy atom. The van der Waals surface area contributed by atoms with Gasteiger partial charge in [-0.1, -0.05) is 41.4 Å². The molecule has 0 saturated carbocycles. The predicted molar refractivity (Wildman–Crippen MR) is 99.0 cm³/mol. The first kappa shape index (κ1) is 18.0. The number of terminal acetylenes is 1. The topological polar surface area (TPSA) is 62.5 Å².